The van der Waals surface area contributed by atoms with Crippen LogP contribution in [0.25, 0.3) is 0 Å². The maximum absolute atomic E-state index is 12.3. The zero-order valence-electron chi connectivity index (χ0n) is 15.9. The zero-order chi connectivity index (χ0) is 20.4. The third kappa shape index (κ3) is 7.11. The predicted octanol–water partition coefficient (Wildman–Crippen LogP) is 3.51. The number of urea groups is 1. The van der Waals surface area contributed by atoms with Gasteiger partial charge in [0.1, 0.15) is 17.1 Å². The van der Waals surface area contributed by atoms with Crippen LogP contribution in [0.2, 0.25) is 0 Å². The van der Waals surface area contributed by atoms with Crippen LogP contribution in [-0.4, -0.2) is 31.1 Å². The summed E-state index contributed by atoms with van der Waals surface area (Å²) in [6.45, 7) is 3.95. The number of amides is 3. The van der Waals surface area contributed by atoms with E-state index in [1.54, 1.807) is 30.3 Å². The van der Waals surface area contributed by atoms with Gasteiger partial charge >= 0.3 is 12.0 Å². The fraction of sp³-hybridized carbons (Fsp3) is 0.286. The number of nitrogens with one attached hydrogen (secondary N) is 2. The molecule has 0 aromatic heterocycles. The summed E-state index contributed by atoms with van der Waals surface area (Å²) in [7, 11) is 0. The lowest BCUT2D eigenvalue weighted by molar-refractivity contribution is -0.123. The zero-order valence-corrected chi connectivity index (χ0v) is 15.9. The summed E-state index contributed by atoms with van der Waals surface area (Å²) in [5.74, 6) is -0.113. The molecule has 2 rings (SSSR count). The third-order valence-electron chi connectivity index (χ3n) is 3.67. The van der Waals surface area contributed by atoms with Crippen molar-refractivity contribution in [2.45, 2.75) is 20.3 Å². The molecule has 0 saturated heterocycles. The maximum atomic E-state index is 12.3. The largest absolute Gasteiger partial charge is 0.456 e. The molecule has 2 N–H and O–H groups in total. The van der Waals surface area contributed by atoms with Crippen molar-refractivity contribution >= 4 is 17.9 Å². The summed E-state index contributed by atoms with van der Waals surface area (Å²) in [5, 5.41) is 4.69. The first kappa shape index (κ1) is 21.0. The summed E-state index contributed by atoms with van der Waals surface area (Å²) in [6, 6.07) is 14.9. The van der Waals surface area contributed by atoms with Gasteiger partial charge < -0.3 is 14.8 Å². The Labute approximate surface area is 164 Å². The Morgan fingerprint density at radius 2 is 1.64 bits per heavy atom. The number of ether oxygens (including phenoxy) is 2. The maximum Gasteiger partial charge on any atom is 0.342 e. The highest BCUT2D eigenvalue weighted by molar-refractivity contribution is 5.97. The number of rotatable bonds is 8. The third-order valence-corrected chi connectivity index (χ3v) is 3.67. The molecule has 28 heavy (non-hydrogen) atoms. The molecular weight excluding hydrogens is 360 g/mol. The van der Waals surface area contributed by atoms with Gasteiger partial charge in [-0.3, -0.25) is 10.1 Å². The standard InChI is InChI=1S/C21H24N2O5/c1-15(2)12-13-22-21(26)23-19(24)14-27-20(25)17-10-6-7-11-18(17)28-16-8-4-3-5-9-16/h3-11,15H,12-14H2,1-2H3,(H2,22,23,24,26). The summed E-state index contributed by atoms with van der Waals surface area (Å²) in [5.41, 5.74) is 0.181. The highest BCUT2D eigenvalue weighted by Gasteiger charge is 2.16. The second kappa shape index (κ2) is 10.7. The quantitative estimate of drug-likeness (QED) is 0.680. The van der Waals surface area contributed by atoms with E-state index in [9.17, 15) is 14.4 Å². The molecule has 0 spiro atoms. The van der Waals surface area contributed by atoms with Crippen LogP contribution in [0.3, 0.4) is 0 Å². The van der Waals surface area contributed by atoms with Crippen LogP contribution in [0.5, 0.6) is 11.5 Å². The lowest BCUT2D eigenvalue weighted by Gasteiger charge is -2.11. The van der Waals surface area contributed by atoms with E-state index in [0.717, 1.165) is 6.42 Å². The number of hydrogen-bond donors (Lipinski definition) is 2. The van der Waals surface area contributed by atoms with Crippen molar-refractivity contribution in [2.24, 2.45) is 5.92 Å². The van der Waals surface area contributed by atoms with Crippen molar-refractivity contribution in [2.75, 3.05) is 13.2 Å². The lowest BCUT2D eigenvalue weighted by atomic mass is 10.1. The van der Waals surface area contributed by atoms with Gasteiger partial charge in [0.15, 0.2) is 6.61 Å². The van der Waals surface area contributed by atoms with Gasteiger partial charge in [0.25, 0.3) is 5.91 Å². The smallest absolute Gasteiger partial charge is 0.342 e. The van der Waals surface area contributed by atoms with Crippen LogP contribution in [0.15, 0.2) is 54.6 Å². The average molecular weight is 384 g/mol. The summed E-state index contributed by atoms with van der Waals surface area (Å²) < 4.78 is 10.7. The normalized spacial score (nSPS) is 10.2. The predicted molar refractivity (Wildman–Crippen MR) is 104 cm³/mol. The van der Waals surface area contributed by atoms with Crippen LogP contribution < -0.4 is 15.4 Å². The SMILES string of the molecule is CC(C)CCNC(=O)NC(=O)COC(=O)c1ccccc1Oc1ccccc1. The lowest BCUT2D eigenvalue weighted by Crippen LogP contribution is -2.42. The van der Waals surface area contributed by atoms with Crippen LogP contribution in [0, 0.1) is 5.92 Å². The number of imide groups is 1. The van der Waals surface area contributed by atoms with Gasteiger partial charge in [-0.1, -0.05) is 44.2 Å². The fourth-order valence-electron chi connectivity index (χ4n) is 2.23. The van der Waals surface area contributed by atoms with Crippen molar-refractivity contribution in [3.63, 3.8) is 0 Å². The topological polar surface area (TPSA) is 93.7 Å². The number of benzene rings is 2. The van der Waals surface area contributed by atoms with E-state index in [2.05, 4.69) is 10.6 Å². The Kier molecular flexibility index (Phi) is 8.02. The number of carbonyl (C=O) groups excluding carboxylic acids is 3. The molecule has 0 atom stereocenters. The summed E-state index contributed by atoms with van der Waals surface area (Å²) in [4.78, 5) is 35.7. The first-order valence-corrected chi connectivity index (χ1v) is 9.02. The molecule has 2 aromatic carbocycles. The van der Waals surface area contributed by atoms with Gasteiger partial charge in [-0.2, -0.15) is 0 Å². The first-order chi connectivity index (χ1) is 13.5. The van der Waals surface area contributed by atoms with Crippen LogP contribution in [-0.2, 0) is 9.53 Å². The molecule has 0 fully saturated rings. The highest BCUT2D eigenvalue weighted by Crippen LogP contribution is 2.25. The van der Waals surface area contributed by atoms with E-state index in [1.165, 1.54) is 6.07 Å². The van der Waals surface area contributed by atoms with E-state index in [-0.39, 0.29) is 5.56 Å². The van der Waals surface area contributed by atoms with E-state index in [4.69, 9.17) is 9.47 Å². The molecule has 0 bridgehead atoms. The molecule has 0 radical (unpaired) electrons. The fourth-order valence-corrected chi connectivity index (χ4v) is 2.23. The van der Waals surface area contributed by atoms with Gasteiger partial charge in [-0.15, -0.1) is 0 Å². The minimum absolute atomic E-state index is 0.181. The number of esters is 1. The molecule has 2 aromatic rings. The molecular formula is C21H24N2O5. The summed E-state index contributed by atoms with van der Waals surface area (Å²) in [6.07, 6.45) is 0.800. The van der Waals surface area contributed by atoms with Crippen molar-refractivity contribution in [1.82, 2.24) is 10.6 Å². The molecule has 0 saturated carbocycles. The molecule has 3 amide bonds. The Morgan fingerprint density at radius 3 is 2.36 bits per heavy atom. The molecule has 7 heteroatoms. The molecule has 0 aliphatic rings. The minimum atomic E-state index is -0.720. The van der Waals surface area contributed by atoms with Gasteiger partial charge in [0, 0.05) is 6.54 Å². The van der Waals surface area contributed by atoms with E-state index in [0.29, 0.717) is 24.0 Å². The minimum Gasteiger partial charge on any atom is -0.456 e. The molecule has 148 valence electrons. The molecule has 0 aliphatic carbocycles. The molecule has 0 unspecified atom stereocenters. The first-order valence-electron chi connectivity index (χ1n) is 9.02. The van der Waals surface area contributed by atoms with Crippen LogP contribution >= 0.6 is 0 Å². The van der Waals surface area contributed by atoms with Crippen molar-refractivity contribution in [3.05, 3.63) is 60.2 Å². The number of para-hydroxylation sites is 2. The molecule has 7 nitrogen and oxygen atoms in total. The van der Waals surface area contributed by atoms with E-state index >= 15 is 0 Å². The Hall–Kier alpha value is -3.35. The Bertz CT molecular complexity index is 805. The Morgan fingerprint density at radius 1 is 0.964 bits per heavy atom. The van der Waals surface area contributed by atoms with Crippen molar-refractivity contribution in [1.29, 1.82) is 0 Å². The van der Waals surface area contributed by atoms with Crippen molar-refractivity contribution < 1.29 is 23.9 Å². The van der Waals surface area contributed by atoms with Gasteiger partial charge in [0.2, 0.25) is 0 Å². The van der Waals surface area contributed by atoms with E-state index < -0.39 is 24.5 Å². The second-order valence-corrected chi connectivity index (χ2v) is 6.47. The van der Waals surface area contributed by atoms with Crippen molar-refractivity contribution in [3.8, 4) is 11.5 Å². The number of hydrogen-bond acceptors (Lipinski definition) is 5. The Balaban J connectivity index is 1.86. The number of carbonyl (C=O) groups is 3. The molecule has 0 aliphatic heterocycles. The molecule has 0 heterocycles. The van der Waals surface area contributed by atoms with E-state index in [1.807, 2.05) is 32.0 Å². The monoisotopic (exact) mass is 384 g/mol. The van der Waals surface area contributed by atoms with Crippen LogP contribution in [0.4, 0.5) is 4.79 Å². The summed E-state index contributed by atoms with van der Waals surface area (Å²) >= 11 is 0. The highest BCUT2D eigenvalue weighted by atomic mass is 16.5. The van der Waals surface area contributed by atoms with Gasteiger partial charge in [0.05, 0.1) is 0 Å². The van der Waals surface area contributed by atoms with Gasteiger partial charge in [-0.25, -0.2) is 9.59 Å². The van der Waals surface area contributed by atoms with Crippen LogP contribution in [0.1, 0.15) is 30.6 Å². The average Bonchev–Trinajstić information content (AvgIpc) is 2.67. The van der Waals surface area contributed by atoms with Gasteiger partial charge in [-0.05, 0) is 36.6 Å². The second-order valence-electron chi connectivity index (χ2n) is 6.47.